The molecule has 7 heteroatoms. The standard InChI is InChI=1S/C12H20N2O4S/c1-18-9-5-10(13-6-9)12(17)14-2-3-19-7-8(14)4-11(15)16/h8-10,13H,2-7H2,1H3,(H,15,16). The smallest absolute Gasteiger partial charge is 0.305 e. The molecule has 0 spiro atoms. The summed E-state index contributed by atoms with van der Waals surface area (Å²) in [4.78, 5) is 25.1. The Bertz CT molecular complexity index is 353. The maximum Gasteiger partial charge on any atom is 0.305 e. The minimum absolute atomic E-state index is 0.0195. The SMILES string of the molecule is COC1CNC(C(=O)N2CCSCC2CC(=O)O)C1. The molecule has 0 aliphatic carbocycles. The lowest BCUT2D eigenvalue weighted by Crippen LogP contribution is -2.52. The number of nitrogens with one attached hydrogen (secondary N) is 1. The molecule has 0 aromatic rings. The Kier molecular flexibility index (Phi) is 5.06. The van der Waals surface area contributed by atoms with Gasteiger partial charge in [0.15, 0.2) is 0 Å². The van der Waals surface area contributed by atoms with Gasteiger partial charge in [-0.2, -0.15) is 11.8 Å². The zero-order valence-electron chi connectivity index (χ0n) is 11.0. The van der Waals surface area contributed by atoms with Crippen LogP contribution in [0.5, 0.6) is 0 Å². The molecule has 2 heterocycles. The van der Waals surface area contributed by atoms with Crippen molar-refractivity contribution in [2.75, 3.05) is 31.7 Å². The van der Waals surface area contributed by atoms with Crippen molar-refractivity contribution in [3.05, 3.63) is 0 Å². The summed E-state index contributed by atoms with van der Waals surface area (Å²) < 4.78 is 5.24. The van der Waals surface area contributed by atoms with Gasteiger partial charge >= 0.3 is 5.97 Å². The van der Waals surface area contributed by atoms with Crippen LogP contribution >= 0.6 is 11.8 Å². The highest BCUT2D eigenvalue weighted by molar-refractivity contribution is 7.99. The zero-order valence-corrected chi connectivity index (χ0v) is 11.8. The second-order valence-electron chi connectivity index (χ2n) is 4.91. The normalized spacial score (nSPS) is 31.4. The average Bonchev–Trinajstić information content (AvgIpc) is 2.86. The highest BCUT2D eigenvalue weighted by Gasteiger charge is 2.36. The maximum atomic E-state index is 12.5. The van der Waals surface area contributed by atoms with Gasteiger partial charge in [-0.15, -0.1) is 0 Å². The van der Waals surface area contributed by atoms with Gasteiger partial charge in [0.1, 0.15) is 0 Å². The van der Waals surface area contributed by atoms with E-state index >= 15 is 0 Å². The summed E-state index contributed by atoms with van der Waals surface area (Å²) in [6, 6.07) is -0.420. The first-order chi connectivity index (χ1) is 9.11. The number of carboxylic acid groups (broad SMARTS) is 1. The van der Waals surface area contributed by atoms with Crippen molar-refractivity contribution in [2.45, 2.75) is 31.0 Å². The molecule has 2 rings (SSSR count). The Morgan fingerprint density at radius 1 is 1.53 bits per heavy atom. The van der Waals surface area contributed by atoms with E-state index in [1.54, 1.807) is 23.8 Å². The van der Waals surface area contributed by atoms with Crippen LogP contribution in [0, 0.1) is 0 Å². The minimum Gasteiger partial charge on any atom is -0.481 e. The summed E-state index contributed by atoms with van der Waals surface area (Å²) >= 11 is 1.71. The molecule has 0 radical (unpaired) electrons. The number of carbonyl (C=O) groups is 2. The number of amides is 1. The Labute approximate surface area is 116 Å². The molecule has 2 fully saturated rings. The molecule has 2 aliphatic heterocycles. The molecule has 6 nitrogen and oxygen atoms in total. The second kappa shape index (κ2) is 6.58. The number of nitrogens with zero attached hydrogens (tertiary/aromatic N) is 1. The number of aliphatic carboxylic acids is 1. The Hall–Kier alpha value is -0.790. The number of hydrogen-bond donors (Lipinski definition) is 2. The molecule has 0 aromatic carbocycles. The number of thioether (sulfide) groups is 1. The summed E-state index contributed by atoms with van der Waals surface area (Å²) in [6.45, 7) is 1.32. The molecular weight excluding hydrogens is 268 g/mol. The predicted molar refractivity (Wildman–Crippen MR) is 72.3 cm³/mol. The van der Waals surface area contributed by atoms with Crippen molar-refractivity contribution in [3.8, 4) is 0 Å². The minimum atomic E-state index is -0.848. The molecule has 3 unspecified atom stereocenters. The molecule has 0 bridgehead atoms. The molecule has 3 atom stereocenters. The topological polar surface area (TPSA) is 78.9 Å². The fourth-order valence-corrected chi connectivity index (χ4v) is 3.65. The van der Waals surface area contributed by atoms with Gasteiger partial charge in [-0.25, -0.2) is 0 Å². The largest absolute Gasteiger partial charge is 0.481 e. The number of carbonyl (C=O) groups excluding carboxylic acids is 1. The first kappa shape index (κ1) is 14.6. The summed E-state index contributed by atoms with van der Waals surface area (Å²) in [7, 11) is 1.64. The number of ether oxygens (including phenoxy) is 1. The van der Waals surface area contributed by atoms with Crippen LogP contribution in [0.4, 0.5) is 0 Å². The molecule has 2 aliphatic rings. The Morgan fingerprint density at radius 3 is 2.95 bits per heavy atom. The van der Waals surface area contributed by atoms with Crippen LogP contribution < -0.4 is 5.32 Å². The van der Waals surface area contributed by atoms with E-state index in [1.165, 1.54) is 0 Å². The predicted octanol–water partition coefficient (Wildman–Crippen LogP) is -0.218. The maximum absolute atomic E-state index is 12.5. The highest BCUT2D eigenvalue weighted by Crippen LogP contribution is 2.22. The van der Waals surface area contributed by atoms with Gasteiger partial charge in [0.2, 0.25) is 5.91 Å². The molecule has 2 N–H and O–H groups in total. The lowest BCUT2D eigenvalue weighted by Gasteiger charge is -2.36. The van der Waals surface area contributed by atoms with Gasteiger partial charge in [0.05, 0.1) is 24.6 Å². The monoisotopic (exact) mass is 288 g/mol. The van der Waals surface area contributed by atoms with Crippen molar-refractivity contribution in [3.63, 3.8) is 0 Å². The van der Waals surface area contributed by atoms with E-state index in [9.17, 15) is 9.59 Å². The molecule has 1 amide bonds. The van der Waals surface area contributed by atoms with E-state index in [4.69, 9.17) is 9.84 Å². The van der Waals surface area contributed by atoms with E-state index in [0.717, 1.165) is 5.75 Å². The number of rotatable bonds is 4. The van der Waals surface area contributed by atoms with Crippen LogP contribution in [0.1, 0.15) is 12.8 Å². The van der Waals surface area contributed by atoms with Crippen LogP contribution in [0.3, 0.4) is 0 Å². The van der Waals surface area contributed by atoms with Crippen molar-refractivity contribution >= 4 is 23.6 Å². The molecule has 0 saturated carbocycles. The van der Waals surface area contributed by atoms with E-state index < -0.39 is 5.97 Å². The van der Waals surface area contributed by atoms with E-state index in [2.05, 4.69) is 5.32 Å². The average molecular weight is 288 g/mol. The van der Waals surface area contributed by atoms with E-state index in [1.807, 2.05) is 0 Å². The third-order valence-corrected chi connectivity index (χ3v) is 4.73. The molecule has 108 valence electrons. The lowest BCUT2D eigenvalue weighted by molar-refractivity contribution is -0.141. The van der Waals surface area contributed by atoms with Crippen LogP contribution in [0.2, 0.25) is 0 Å². The van der Waals surface area contributed by atoms with Gasteiger partial charge in [-0.3, -0.25) is 9.59 Å². The van der Waals surface area contributed by atoms with E-state index in [0.29, 0.717) is 25.3 Å². The van der Waals surface area contributed by atoms with E-state index in [-0.39, 0.29) is 30.5 Å². The van der Waals surface area contributed by atoms with Gasteiger partial charge < -0.3 is 20.1 Å². The molecule has 0 aromatic heterocycles. The summed E-state index contributed by atoms with van der Waals surface area (Å²) in [5, 5.41) is 12.1. The number of methoxy groups -OCH3 is 1. The fourth-order valence-electron chi connectivity index (χ4n) is 2.59. The third kappa shape index (κ3) is 3.61. The van der Waals surface area contributed by atoms with Gasteiger partial charge in [-0.1, -0.05) is 0 Å². The van der Waals surface area contributed by atoms with Crippen LogP contribution in [-0.2, 0) is 14.3 Å². The van der Waals surface area contributed by atoms with Gasteiger partial charge in [0, 0.05) is 31.7 Å². The van der Waals surface area contributed by atoms with Crippen LogP contribution in [-0.4, -0.2) is 71.8 Å². The van der Waals surface area contributed by atoms with Crippen LogP contribution in [0.25, 0.3) is 0 Å². The van der Waals surface area contributed by atoms with Crippen LogP contribution in [0.15, 0.2) is 0 Å². The Morgan fingerprint density at radius 2 is 2.32 bits per heavy atom. The molecule has 2 saturated heterocycles. The number of hydrogen-bond acceptors (Lipinski definition) is 5. The highest BCUT2D eigenvalue weighted by atomic mass is 32.2. The van der Waals surface area contributed by atoms with Crippen molar-refractivity contribution in [1.29, 1.82) is 0 Å². The summed E-state index contributed by atoms with van der Waals surface area (Å²) in [5.41, 5.74) is 0. The Balaban J connectivity index is 1.97. The van der Waals surface area contributed by atoms with Gasteiger partial charge in [-0.05, 0) is 6.42 Å². The molecular formula is C12H20N2O4S. The first-order valence-corrected chi connectivity index (χ1v) is 7.63. The fraction of sp³-hybridized carbons (Fsp3) is 0.833. The quantitative estimate of drug-likeness (QED) is 0.745. The summed E-state index contributed by atoms with van der Waals surface area (Å²) in [6.07, 6.45) is 0.767. The first-order valence-electron chi connectivity index (χ1n) is 6.48. The second-order valence-corrected chi connectivity index (χ2v) is 6.06. The van der Waals surface area contributed by atoms with Crippen molar-refractivity contribution < 1.29 is 19.4 Å². The molecule has 19 heavy (non-hydrogen) atoms. The summed E-state index contributed by atoms with van der Waals surface area (Å²) in [5.74, 6) is 0.756. The lowest BCUT2D eigenvalue weighted by atomic mass is 10.1. The van der Waals surface area contributed by atoms with Gasteiger partial charge in [0.25, 0.3) is 0 Å². The number of carboxylic acids is 1. The third-order valence-electron chi connectivity index (χ3n) is 3.64. The van der Waals surface area contributed by atoms with Crippen molar-refractivity contribution in [2.24, 2.45) is 0 Å². The van der Waals surface area contributed by atoms with Crippen molar-refractivity contribution in [1.82, 2.24) is 10.2 Å². The zero-order chi connectivity index (χ0) is 13.8.